The molecule has 0 aliphatic heterocycles. The lowest BCUT2D eigenvalue weighted by atomic mass is 10.0. The fourth-order valence-electron chi connectivity index (χ4n) is 1.52. The van der Waals surface area contributed by atoms with Gasteiger partial charge in [-0.15, -0.1) is 0 Å². The first-order valence-corrected chi connectivity index (χ1v) is 6.14. The number of rotatable bonds is 5. The van der Waals surface area contributed by atoms with Gasteiger partial charge in [0.15, 0.2) is 6.10 Å². The molecule has 20 heavy (non-hydrogen) atoms. The van der Waals surface area contributed by atoms with Gasteiger partial charge >= 0.3 is 12.1 Å². The Morgan fingerprint density at radius 1 is 1.30 bits per heavy atom. The van der Waals surface area contributed by atoms with E-state index in [1.807, 2.05) is 0 Å². The van der Waals surface area contributed by atoms with Crippen LogP contribution in [-0.4, -0.2) is 42.7 Å². The van der Waals surface area contributed by atoms with E-state index in [2.05, 4.69) is 9.73 Å². The van der Waals surface area contributed by atoms with Crippen molar-refractivity contribution in [2.45, 2.75) is 19.4 Å². The molecule has 0 heterocycles. The molecule has 0 saturated heterocycles. The lowest BCUT2D eigenvalue weighted by Gasteiger charge is -2.11. The summed E-state index contributed by atoms with van der Waals surface area (Å²) in [6, 6.07) is 8.78. The molecule has 0 saturated carbocycles. The van der Waals surface area contributed by atoms with Gasteiger partial charge in [0.1, 0.15) is 0 Å². The van der Waals surface area contributed by atoms with E-state index in [-0.39, 0.29) is 18.7 Å². The summed E-state index contributed by atoms with van der Waals surface area (Å²) < 4.78 is 9.18. The number of aliphatic hydroxyl groups is 1. The normalized spacial score (nSPS) is 12.7. The number of nitrogens with zero attached hydrogens (tertiary/aromatic N) is 1. The highest BCUT2D eigenvalue weighted by atomic mass is 16.5. The number of hydrogen-bond donors (Lipinski definition) is 1. The van der Waals surface area contributed by atoms with Gasteiger partial charge in [-0.05, 0) is 12.5 Å². The molecule has 1 aromatic carbocycles. The number of aliphatic hydroxyl groups excluding tert-OH is 1. The Balaban J connectivity index is 2.93. The molecular weight excluding hydrogens is 262 g/mol. The van der Waals surface area contributed by atoms with E-state index in [0.717, 1.165) is 0 Å². The summed E-state index contributed by atoms with van der Waals surface area (Å²) in [6.07, 6.45) is -2.30. The molecule has 0 aliphatic rings. The summed E-state index contributed by atoms with van der Waals surface area (Å²) in [5, 5.41) is 9.76. The van der Waals surface area contributed by atoms with Crippen molar-refractivity contribution in [3.8, 4) is 0 Å². The van der Waals surface area contributed by atoms with Crippen molar-refractivity contribution in [3.63, 3.8) is 0 Å². The number of esters is 1. The highest BCUT2D eigenvalue weighted by Crippen LogP contribution is 2.09. The first kappa shape index (κ1) is 15.8. The summed E-state index contributed by atoms with van der Waals surface area (Å²) in [7, 11) is 1.20. The maximum Gasteiger partial charge on any atom is 0.433 e. The number of amides is 1. The van der Waals surface area contributed by atoms with Crippen LogP contribution in [0, 0.1) is 0 Å². The van der Waals surface area contributed by atoms with Crippen molar-refractivity contribution in [1.82, 2.24) is 0 Å². The maximum absolute atomic E-state index is 11.4. The number of hydrogen-bond acceptors (Lipinski definition) is 5. The smallest absolute Gasteiger partial charge is 0.433 e. The van der Waals surface area contributed by atoms with Crippen molar-refractivity contribution >= 4 is 17.8 Å². The molecule has 0 unspecified atom stereocenters. The average molecular weight is 279 g/mol. The summed E-state index contributed by atoms with van der Waals surface area (Å²) in [5.74, 6) is -0.749. The first-order chi connectivity index (χ1) is 9.58. The molecule has 108 valence electrons. The van der Waals surface area contributed by atoms with E-state index in [0.29, 0.717) is 5.56 Å². The van der Waals surface area contributed by atoms with E-state index in [9.17, 15) is 14.7 Å². The number of methoxy groups -OCH3 is 1. The summed E-state index contributed by atoms with van der Waals surface area (Å²) in [5.41, 5.74) is 0.888. The topological polar surface area (TPSA) is 85.2 Å². The van der Waals surface area contributed by atoms with Crippen molar-refractivity contribution < 1.29 is 24.2 Å². The van der Waals surface area contributed by atoms with Gasteiger partial charge in [0.25, 0.3) is 0 Å². The molecule has 0 aromatic heterocycles. The zero-order chi connectivity index (χ0) is 15.0. The second-order valence-electron chi connectivity index (χ2n) is 3.87. The fraction of sp³-hybridized carbons (Fsp3) is 0.357. The Hall–Kier alpha value is -2.21. The van der Waals surface area contributed by atoms with Gasteiger partial charge in [-0.2, -0.15) is 4.99 Å². The molecule has 0 radical (unpaired) electrons. The Labute approximate surface area is 117 Å². The molecule has 1 N–H and O–H groups in total. The zero-order valence-corrected chi connectivity index (χ0v) is 11.4. The van der Waals surface area contributed by atoms with Crippen LogP contribution in [0.2, 0.25) is 0 Å². The number of ether oxygens (including phenoxy) is 2. The Bertz CT molecular complexity index is 484. The van der Waals surface area contributed by atoms with Crippen LogP contribution in [0.3, 0.4) is 0 Å². The van der Waals surface area contributed by atoms with Gasteiger partial charge in [0.2, 0.25) is 0 Å². The minimum Gasteiger partial charge on any atom is -0.464 e. The zero-order valence-electron chi connectivity index (χ0n) is 11.4. The molecule has 0 spiro atoms. The van der Waals surface area contributed by atoms with Gasteiger partial charge in [-0.25, -0.2) is 9.59 Å². The van der Waals surface area contributed by atoms with Gasteiger partial charge in [0.05, 0.1) is 19.4 Å². The third kappa shape index (κ3) is 4.81. The van der Waals surface area contributed by atoms with Crippen molar-refractivity contribution in [3.05, 3.63) is 35.9 Å². The Morgan fingerprint density at radius 3 is 2.50 bits per heavy atom. The molecule has 0 aliphatic carbocycles. The van der Waals surface area contributed by atoms with Crippen LogP contribution in [-0.2, 0) is 14.3 Å². The van der Waals surface area contributed by atoms with Crippen molar-refractivity contribution in [1.29, 1.82) is 0 Å². The van der Waals surface area contributed by atoms with E-state index in [1.165, 1.54) is 7.11 Å². The number of aliphatic imine (C=N–C) groups is 1. The van der Waals surface area contributed by atoms with Crippen LogP contribution in [0.15, 0.2) is 35.3 Å². The Kier molecular flexibility index (Phi) is 6.39. The fourth-order valence-corrected chi connectivity index (χ4v) is 1.52. The molecule has 1 atom stereocenters. The molecule has 0 fully saturated rings. The third-order valence-electron chi connectivity index (χ3n) is 2.45. The van der Waals surface area contributed by atoms with Crippen LogP contribution >= 0.6 is 0 Å². The van der Waals surface area contributed by atoms with Crippen LogP contribution in [0.5, 0.6) is 0 Å². The molecule has 1 rings (SSSR count). The molecular formula is C14H17NO5. The maximum atomic E-state index is 11.4. The lowest BCUT2D eigenvalue weighted by molar-refractivity contribution is -0.152. The summed E-state index contributed by atoms with van der Waals surface area (Å²) in [6.45, 7) is 1.82. The predicted molar refractivity (Wildman–Crippen MR) is 72.6 cm³/mol. The molecule has 1 aromatic rings. The van der Waals surface area contributed by atoms with E-state index in [1.54, 1.807) is 37.3 Å². The molecule has 6 nitrogen and oxygen atoms in total. The van der Waals surface area contributed by atoms with Crippen molar-refractivity contribution in [2.75, 3.05) is 13.7 Å². The van der Waals surface area contributed by atoms with Crippen LogP contribution in [0.25, 0.3) is 0 Å². The van der Waals surface area contributed by atoms with Gasteiger partial charge < -0.3 is 14.6 Å². The van der Waals surface area contributed by atoms with Crippen LogP contribution in [0.1, 0.15) is 18.9 Å². The number of benzene rings is 1. The molecule has 6 heteroatoms. The SMILES string of the molecule is CCOC(=O)[C@@H](O)C/C(=N\C(=O)OC)c1ccccc1. The minimum atomic E-state index is -1.38. The number of carbonyl (C=O) groups is 2. The highest BCUT2D eigenvalue weighted by Gasteiger charge is 2.20. The quantitative estimate of drug-likeness (QED) is 0.653. The highest BCUT2D eigenvalue weighted by molar-refractivity contribution is 6.06. The minimum absolute atomic E-state index is 0.127. The number of carbonyl (C=O) groups excluding carboxylic acids is 2. The van der Waals surface area contributed by atoms with Gasteiger partial charge in [0, 0.05) is 6.42 Å². The first-order valence-electron chi connectivity index (χ1n) is 6.14. The largest absolute Gasteiger partial charge is 0.464 e. The summed E-state index contributed by atoms with van der Waals surface area (Å²) >= 11 is 0. The second-order valence-corrected chi connectivity index (χ2v) is 3.87. The lowest BCUT2D eigenvalue weighted by Crippen LogP contribution is -2.26. The standard InChI is InChI=1S/C14H17NO5/c1-3-20-13(17)12(16)9-11(15-14(18)19-2)10-7-5-4-6-8-10/h4-8,12,16H,3,9H2,1-2H3/b15-11+/t12-/m0/s1. The third-order valence-corrected chi connectivity index (χ3v) is 2.45. The molecule has 1 amide bonds. The van der Waals surface area contributed by atoms with E-state index >= 15 is 0 Å². The predicted octanol–water partition coefficient (Wildman–Crippen LogP) is 1.56. The average Bonchev–Trinajstić information content (AvgIpc) is 2.47. The Morgan fingerprint density at radius 2 is 1.95 bits per heavy atom. The summed E-state index contributed by atoms with van der Waals surface area (Å²) in [4.78, 5) is 26.4. The monoisotopic (exact) mass is 279 g/mol. The molecule has 0 bridgehead atoms. The van der Waals surface area contributed by atoms with Gasteiger partial charge in [-0.3, -0.25) is 0 Å². The van der Waals surface area contributed by atoms with Gasteiger partial charge in [-0.1, -0.05) is 30.3 Å². The van der Waals surface area contributed by atoms with Crippen molar-refractivity contribution in [2.24, 2.45) is 4.99 Å². The van der Waals surface area contributed by atoms with E-state index in [4.69, 9.17) is 4.74 Å². The van der Waals surface area contributed by atoms with E-state index < -0.39 is 18.2 Å². The van der Waals surface area contributed by atoms with Crippen LogP contribution in [0.4, 0.5) is 4.79 Å². The second kappa shape index (κ2) is 8.06. The van der Waals surface area contributed by atoms with Crippen LogP contribution < -0.4 is 0 Å².